The van der Waals surface area contributed by atoms with Crippen molar-refractivity contribution in [1.29, 1.82) is 0 Å². The summed E-state index contributed by atoms with van der Waals surface area (Å²) in [5.74, 6) is 0.831. The number of nitrogens with one attached hydrogen (secondary N) is 1. The van der Waals surface area contributed by atoms with E-state index in [1.165, 1.54) is 11.5 Å². The third kappa shape index (κ3) is 4.15. The zero-order valence-electron chi connectivity index (χ0n) is 11.2. The number of carboxylic acid groups (broad SMARTS) is 1. The summed E-state index contributed by atoms with van der Waals surface area (Å²) in [4.78, 5) is 15.7. The van der Waals surface area contributed by atoms with E-state index in [1.54, 1.807) is 18.7 Å². The van der Waals surface area contributed by atoms with Crippen LogP contribution >= 0.6 is 23.3 Å². The predicted molar refractivity (Wildman–Crippen MR) is 76.8 cm³/mol. The first-order valence-electron chi connectivity index (χ1n) is 6.50. The average Bonchev–Trinajstić information content (AvgIpc) is 3.05. The number of nitrogens with zero attached hydrogens (tertiary/aromatic N) is 2. The van der Waals surface area contributed by atoms with Crippen LogP contribution in [-0.4, -0.2) is 37.8 Å². The number of aliphatic carboxylic acids is 1. The lowest BCUT2D eigenvalue weighted by atomic mass is 9.99. The van der Waals surface area contributed by atoms with Gasteiger partial charge in [0.15, 0.2) is 4.34 Å². The van der Waals surface area contributed by atoms with Crippen molar-refractivity contribution < 1.29 is 9.90 Å². The lowest BCUT2D eigenvalue weighted by Crippen LogP contribution is -2.50. The Balaban J connectivity index is 1.82. The predicted octanol–water partition coefficient (Wildman–Crippen LogP) is 2.18. The molecule has 106 valence electrons. The van der Waals surface area contributed by atoms with E-state index in [0.717, 1.165) is 35.2 Å². The van der Waals surface area contributed by atoms with Gasteiger partial charge in [0.05, 0.1) is 0 Å². The SMILES string of the molecule is CCc1nsc(SCCC(C)(NC2CC2)C(=O)O)n1. The van der Waals surface area contributed by atoms with E-state index < -0.39 is 11.5 Å². The minimum Gasteiger partial charge on any atom is -0.480 e. The Morgan fingerprint density at radius 1 is 1.63 bits per heavy atom. The molecule has 0 spiro atoms. The molecule has 7 heteroatoms. The van der Waals surface area contributed by atoms with E-state index in [1.807, 2.05) is 6.92 Å². The molecular weight excluding hydrogens is 282 g/mol. The second kappa shape index (κ2) is 6.19. The Labute approximate surface area is 121 Å². The van der Waals surface area contributed by atoms with Gasteiger partial charge in [0.2, 0.25) is 0 Å². The molecule has 1 heterocycles. The van der Waals surface area contributed by atoms with E-state index >= 15 is 0 Å². The molecule has 1 fully saturated rings. The Bertz CT molecular complexity index is 448. The minimum absolute atomic E-state index is 0.388. The summed E-state index contributed by atoms with van der Waals surface area (Å²) >= 11 is 2.98. The van der Waals surface area contributed by atoms with Crippen LogP contribution in [0.2, 0.25) is 0 Å². The maximum absolute atomic E-state index is 11.4. The van der Waals surface area contributed by atoms with Gasteiger partial charge in [-0.15, -0.1) is 0 Å². The molecule has 0 bridgehead atoms. The summed E-state index contributed by atoms with van der Waals surface area (Å²) in [6.07, 6.45) is 3.61. The summed E-state index contributed by atoms with van der Waals surface area (Å²) in [6.45, 7) is 3.79. The van der Waals surface area contributed by atoms with E-state index in [4.69, 9.17) is 0 Å². The molecule has 1 aromatic heterocycles. The molecule has 1 aliphatic rings. The largest absolute Gasteiger partial charge is 0.480 e. The van der Waals surface area contributed by atoms with E-state index in [9.17, 15) is 9.90 Å². The highest BCUT2D eigenvalue weighted by atomic mass is 32.2. The fourth-order valence-corrected chi connectivity index (χ4v) is 3.63. The molecule has 1 aromatic rings. The summed E-state index contributed by atoms with van der Waals surface area (Å²) in [5.41, 5.74) is -0.827. The van der Waals surface area contributed by atoms with Crippen LogP contribution in [0.25, 0.3) is 0 Å². The Hall–Kier alpha value is -0.660. The van der Waals surface area contributed by atoms with Gasteiger partial charge >= 0.3 is 5.97 Å². The molecule has 0 radical (unpaired) electrons. The zero-order chi connectivity index (χ0) is 13.9. The summed E-state index contributed by atoms with van der Waals surface area (Å²) < 4.78 is 5.15. The van der Waals surface area contributed by atoms with Crippen LogP contribution in [0, 0.1) is 0 Å². The molecule has 1 aliphatic carbocycles. The number of hydrogen-bond acceptors (Lipinski definition) is 6. The van der Waals surface area contributed by atoms with Crippen molar-refractivity contribution in [3.8, 4) is 0 Å². The molecule has 0 amide bonds. The maximum Gasteiger partial charge on any atom is 0.323 e. The highest BCUT2D eigenvalue weighted by molar-refractivity contribution is 8.00. The molecule has 1 atom stereocenters. The smallest absolute Gasteiger partial charge is 0.323 e. The normalized spacial score (nSPS) is 18.2. The van der Waals surface area contributed by atoms with Gasteiger partial charge in [-0.3, -0.25) is 10.1 Å². The highest BCUT2D eigenvalue weighted by Crippen LogP contribution is 2.27. The summed E-state index contributed by atoms with van der Waals surface area (Å²) in [5, 5.41) is 12.6. The van der Waals surface area contributed by atoms with E-state index in [0.29, 0.717) is 12.5 Å². The number of carboxylic acids is 1. The number of thioether (sulfide) groups is 1. The quantitative estimate of drug-likeness (QED) is 0.717. The minimum atomic E-state index is -0.827. The number of rotatable bonds is 8. The topological polar surface area (TPSA) is 75.1 Å². The number of hydrogen-bond donors (Lipinski definition) is 2. The summed E-state index contributed by atoms with van der Waals surface area (Å²) in [6, 6.07) is 0.388. The van der Waals surface area contributed by atoms with Crippen molar-refractivity contribution in [2.24, 2.45) is 0 Å². The second-order valence-electron chi connectivity index (χ2n) is 4.98. The van der Waals surface area contributed by atoms with Gasteiger partial charge in [-0.1, -0.05) is 18.7 Å². The van der Waals surface area contributed by atoms with Crippen LogP contribution in [-0.2, 0) is 11.2 Å². The van der Waals surface area contributed by atoms with Crippen LogP contribution in [0.4, 0.5) is 0 Å². The lowest BCUT2D eigenvalue weighted by Gasteiger charge is -2.26. The number of aromatic nitrogens is 2. The van der Waals surface area contributed by atoms with Crippen LogP contribution in [0.5, 0.6) is 0 Å². The molecule has 2 N–H and O–H groups in total. The highest BCUT2D eigenvalue weighted by Gasteiger charge is 2.38. The van der Waals surface area contributed by atoms with Crippen LogP contribution in [0.3, 0.4) is 0 Å². The Morgan fingerprint density at radius 2 is 2.37 bits per heavy atom. The van der Waals surface area contributed by atoms with Crippen LogP contribution in [0.15, 0.2) is 4.34 Å². The van der Waals surface area contributed by atoms with Crippen molar-refractivity contribution in [1.82, 2.24) is 14.7 Å². The fraction of sp³-hybridized carbons (Fsp3) is 0.750. The molecule has 1 saturated carbocycles. The molecule has 0 aromatic carbocycles. The van der Waals surface area contributed by atoms with Gasteiger partial charge in [-0.2, -0.15) is 4.37 Å². The van der Waals surface area contributed by atoms with Gasteiger partial charge in [0, 0.05) is 18.2 Å². The first-order valence-corrected chi connectivity index (χ1v) is 8.26. The lowest BCUT2D eigenvalue weighted by molar-refractivity contribution is -0.144. The molecule has 0 saturated heterocycles. The monoisotopic (exact) mass is 301 g/mol. The summed E-state index contributed by atoms with van der Waals surface area (Å²) in [7, 11) is 0. The van der Waals surface area contributed by atoms with Gasteiger partial charge in [0.25, 0.3) is 0 Å². The molecular formula is C12H19N3O2S2. The van der Waals surface area contributed by atoms with E-state index in [-0.39, 0.29) is 0 Å². The third-order valence-corrected chi connectivity index (χ3v) is 5.04. The number of aryl methyl sites for hydroxylation is 1. The third-order valence-electron chi connectivity index (χ3n) is 3.17. The van der Waals surface area contributed by atoms with Gasteiger partial charge in [-0.25, -0.2) is 4.98 Å². The molecule has 2 rings (SSSR count). The van der Waals surface area contributed by atoms with Crippen LogP contribution in [0.1, 0.15) is 38.9 Å². The molecule has 1 unspecified atom stereocenters. The Kier molecular flexibility index (Phi) is 4.81. The first-order chi connectivity index (χ1) is 9.03. The van der Waals surface area contributed by atoms with Gasteiger partial charge < -0.3 is 5.11 Å². The van der Waals surface area contributed by atoms with Crippen molar-refractivity contribution in [3.05, 3.63) is 5.82 Å². The fourth-order valence-electron chi connectivity index (χ4n) is 1.70. The van der Waals surface area contributed by atoms with Crippen molar-refractivity contribution >= 4 is 29.3 Å². The van der Waals surface area contributed by atoms with Gasteiger partial charge in [-0.05, 0) is 37.7 Å². The van der Waals surface area contributed by atoms with E-state index in [2.05, 4.69) is 14.7 Å². The first kappa shape index (κ1) is 14.7. The average molecular weight is 301 g/mol. The number of carbonyl (C=O) groups is 1. The zero-order valence-corrected chi connectivity index (χ0v) is 12.8. The maximum atomic E-state index is 11.4. The van der Waals surface area contributed by atoms with Crippen molar-refractivity contribution in [2.75, 3.05) is 5.75 Å². The standard InChI is InChI=1S/C12H19N3O2S2/c1-3-9-13-11(19-15-9)18-7-6-12(2,10(16)17)14-8-4-5-8/h8,14H,3-7H2,1-2H3,(H,16,17). The van der Waals surface area contributed by atoms with Gasteiger partial charge in [0.1, 0.15) is 11.4 Å². The molecule has 0 aliphatic heterocycles. The van der Waals surface area contributed by atoms with Crippen molar-refractivity contribution in [3.63, 3.8) is 0 Å². The van der Waals surface area contributed by atoms with Crippen molar-refractivity contribution in [2.45, 2.75) is 55.5 Å². The Morgan fingerprint density at radius 3 is 2.89 bits per heavy atom. The molecule has 19 heavy (non-hydrogen) atoms. The molecule has 5 nitrogen and oxygen atoms in total. The van der Waals surface area contributed by atoms with Crippen LogP contribution < -0.4 is 5.32 Å². The second-order valence-corrected chi connectivity index (χ2v) is 7.08.